The summed E-state index contributed by atoms with van der Waals surface area (Å²) in [5, 5.41) is 18.6. The number of nitrogens with zero attached hydrogens (tertiary/aromatic N) is 6. The maximum atomic E-state index is 12.9. The predicted octanol–water partition coefficient (Wildman–Crippen LogP) is 3.51. The molecule has 0 spiro atoms. The molecule has 31 heavy (non-hydrogen) atoms. The van der Waals surface area contributed by atoms with Crippen LogP contribution in [0.4, 0.5) is 0 Å². The lowest BCUT2D eigenvalue weighted by Gasteiger charge is -2.15. The Labute approximate surface area is 183 Å². The van der Waals surface area contributed by atoms with E-state index in [1.807, 2.05) is 19.9 Å². The molecule has 0 aliphatic rings. The molecule has 9 heteroatoms. The number of methoxy groups -OCH3 is 1. The molecule has 0 N–H and O–H groups in total. The lowest BCUT2D eigenvalue weighted by molar-refractivity contribution is -0.117. The van der Waals surface area contributed by atoms with Crippen molar-refractivity contribution in [2.45, 2.75) is 32.8 Å². The third-order valence-corrected chi connectivity index (χ3v) is 5.90. The molecular weight excluding hydrogens is 412 g/mol. The molecule has 1 aromatic carbocycles. The van der Waals surface area contributed by atoms with Gasteiger partial charge in [-0.3, -0.25) is 4.79 Å². The number of hydrogen-bond acceptors (Lipinski definition) is 8. The first-order chi connectivity index (χ1) is 15.0. The summed E-state index contributed by atoms with van der Waals surface area (Å²) in [4.78, 5) is 24.2. The fraction of sp³-hybridized carbons (Fsp3) is 0.273. The molecule has 0 amide bonds. The van der Waals surface area contributed by atoms with Crippen LogP contribution in [0.15, 0.2) is 36.8 Å². The van der Waals surface area contributed by atoms with Crippen molar-refractivity contribution in [3.8, 4) is 11.8 Å². The molecule has 0 unspecified atom stereocenters. The highest BCUT2D eigenvalue weighted by Gasteiger charge is 2.20. The maximum absolute atomic E-state index is 12.9. The zero-order valence-corrected chi connectivity index (χ0v) is 18.2. The topological polar surface area (TPSA) is 107 Å². The Morgan fingerprint density at radius 3 is 2.77 bits per heavy atom. The summed E-state index contributed by atoms with van der Waals surface area (Å²) in [6.45, 7) is 3.88. The molecule has 8 nitrogen and oxygen atoms in total. The van der Waals surface area contributed by atoms with E-state index in [1.54, 1.807) is 37.8 Å². The number of aromatic nitrogens is 5. The van der Waals surface area contributed by atoms with Gasteiger partial charge in [-0.1, -0.05) is 17.4 Å². The largest absolute Gasteiger partial charge is 0.377 e. The lowest BCUT2D eigenvalue weighted by Crippen LogP contribution is -2.12. The van der Waals surface area contributed by atoms with E-state index >= 15 is 0 Å². The molecule has 3 aromatic heterocycles. The number of ether oxygens (including phenoxy) is 1. The summed E-state index contributed by atoms with van der Waals surface area (Å²) in [7, 11) is 1.64. The highest BCUT2D eigenvalue weighted by molar-refractivity contribution is 7.18. The second-order valence-electron chi connectivity index (χ2n) is 7.14. The molecule has 1 atom stereocenters. The van der Waals surface area contributed by atoms with Crippen LogP contribution in [-0.2, 0) is 22.4 Å². The van der Waals surface area contributed by atoms with Gasteiger partial charge in [0.15, 0.2) is 0 Å². The molecular formula is C22H20N6O2S. The normalized spacial score (nSPS) is 12.1. The molecule has 0 aliphatic heterocycles. The summed E-state index contributed by atoms with van der Waals surface area (Å²) in [6.07, 6.45) is 5.05. The third kappa shape index (κ3) is 4.21. The Kier molecular flexibility index (Phi) is 5.84. The Morgan fingerprint density at radius 2 is 2.06 bits per heavy atom. The number of fused-ring (bicyclic) bond motifs is 1. The van der Waals surface area contributed by atoms with Crippen molar-refractivity contribution in [2.24, 2.45) is 0 Å². The number of rotatable bonds is 7. The smallest absolute Gasteiger partial charge is 0.143 e. The van der Waals surface area contributed by atoms with E-state index < -0.39 is 0 Å². The van der Waals surface area contributed by atoms with Crippen LogP contribution in [0.25, 0.3) is 16.0 Å². The van der Waals surface area contributed by atoms with Crippen LogP contribution in [-0.4, -0.2) is 37.9 Å². The van der Waals surface area contributed by atoms with E-state index in [0.29, 0.717) is 11.3 Å². The first-order valence-corrected chi connectivity index (χ1v) is 10.5. The van der Waals surface area contributed by atoms with Crippen molar-refractivity contribution in [1.29, 1.82) is 5.26 Å². The first kappa shape index (κ1) is 20.8. The van der Waals surface area contributed by atoms with Gasteiger partial charge in [-0.25, -0.2) is 9.97 Å². The van der Waals surface area contributed by atoms with Crippen LogP contribution in [0.1, 0.15) is 40.3 Å². The number of aryl methyl sites for hydroxylation is 1. The van der Waals surface area contributed by atoms with Crippen LogP contribution >= 0.6 is 11.3 Å². The standard InChI is InChI=1S/C22H20N6O2S/c1-13(30-3)20-17(12-24-22-21(20)27-14(2)31-22)10-18(29)9-15-4-5-19(16(8-15)11-23)28-25-6-7-26-28/h4-8,12-13H,9-10H2,1-3H3/t13-/m1/s1. The molecule has 4 rings (SSSR count). The van der Waals surface area contributed by atoms with Crippen molar-refractivity contribution in [1.82, 2.24) is 25.0 Å². The average Bonchev–Trinajstić information content (AvgIpc) is 3.42. The second kappa shape index (κ2) is 8.71. The van der Waals surface area contributed by atoms with Crippen LogP contribution in [0.3, 0.4) is 0 Å². The molecule has 0 radical (unpaired) electrons. The lowest BCUT2D eigenvalue weighted by atomic mass is 9.97. The van der Waals surface area contributed by atoms with Gasteiger partial charge in [-0.05, 0) is 37.1 Å². The maximum Gasteiger partial charge on any atom is 0.143 e. The molecule has 0 saturated carbocycles. The molecule has 4 aromatic rings. The van der Waals surface area contributed by atoms with E-state index in [1.165, 1.54) is 16.1 Å². The SMILES string of the molecule is CO[C@H](C)c1c(CC(=O)Cc2ccc(-n3nccn3)c(C#N)c2)cnc2sc(C)nc12. The van der Waals surface area contributed by atoms with E-state index in [-0.39, 0.29) is 24.7 Å². The summed E-state index contributed by atoms with van der Waals surface area (Å²) >= 11 is 1.52. The van der Waals surface area contributed by atoms with E-state index in [0.717, 1.165) is 32.0 Å². The number of nitriles is 1. The number of carbonyl (C=O) groups is 1. The Morgan fingerprint density at radius 1 is 1.29 bits per heavy atom. The van der Waals surface area contributed by atoms with Gasteiger partial charge in [0.25, 0.3) is 0 Å². The van der Waals surface area contributed by atoms with Crippen LogP contribution in [0.2, 0.25) is 0 Å². The summed E-state index contributed by atoms with van der Waals surface area (Å²) in [5.41, 5.74) is 4.27. The van der Waals surface area contributed by atoms with Gasteiger partial charge in [0.05, 0.1) is 29.1 Å². The van der Waals surface area contributed by atoms with Crippen molar-refractivity contribution in [3.05, 3.63) is 64.1 Å². The Bertz CT molecular complexity index is 1290. The van der Waals surface area contributed by atoms with Gasteiger partial charge in [0.1, 0.15) is 27.9 Å². The van der Waals surface area contributed by atoms with Crippen LogP contribution in [0.5, 0.6) is 0 Å². The number of hydrogen-bond donors (Lipinski definition) is 0. The fourth-order valence-electron chi connectivity index (χ4n) is 3.55. The fourth-order valence-corrected chi connectivity index (χ4v) is 4.32. The first-order valence-electron chi connectivity index (χ1n) is 9.69. The van der Waals surface area contributed by atoms with Crippen molar-refractivity contribution < 1.29 is 9.53 Å². The van der Waals surface area contributed by atoms with Gasteiger partial charge < -0.3 is 4.74 Å². The summed E-state index contributed by atoms with van der Waals surface area (Å²) in [5.74, 6) is 0.0199. The number of pyridine rings is 1. The minimum atomic E-state index is -0.208. The Balaban J connectivity index is 1.59. The van der Waals surface area contributed by atoms with Crippen molar-refractivity contribution in [3.63, 3.8) is 0 Å². The second-order valence-corrected chi connectivity index (χ2v) is 8.32. The average molecular weight is 433 g/mol. The summed E-state index contributed by atoms with van der Waals surface area (Å²) < 4.78 is 5.55. The number of ketones is 1. The molecule has 3 heterocycles. The van der Waals surface area contributed by atoms with Crippen molar-refractivity contribution >= 4 is 27.5 Å². The number of benzene rings is 1. The quantitative estimate of drug-likeness (QED) is 0.440. The predicted molar refractivity (Wildman–Crippen MR) is 116 cm³/mol. The van der Waals surface area contributed by atoms with Gasteiger partial charge in [-0.2, -0.15) is 20.3 Å². The van der Waals surface area contributed by atoms with Crippen LogP contribution in [0, 0.1) is 18.3 Å². The van der Waals surface area contributed by atoms with E-state index in [4.69, 9.17) is 4.74 Å². The monoisotopic (exact) mass is 432 g/mol. The molecule has 0 saturated heterocycles. The molecule has 0 bridgehead atoms. The molecule has 0 aliphatic carbocycles. The minimum absolute atomic E-state index is 0.0199. The highest BCUT2D eigenvalue weighted by Crippen LogP contribution is 2.31. The van der Waals surface area contributed by atoms with Crippen molar-refractivity contribution in [2.75, 3.05) is 7.11 Å². The van der Waals surface area contributed by atoms with E-state index in [2.05, 4.69) is 26.2 Å². The van der Waals surface area contributed by atoms with Gasteiger partial charge in [0, 0.05) is 31.7 Å². The minimum Gasteiger partial charge on any atom is -0.377 e. The zero-order chi connectivity index (χ0) is 22.0. The van der Waals surface area contributed by atoms with E-state index in [9.17, 15) is 10.1 Å². The number of Topliss-reactive ketones (excluding diaryl/α,β-unsaturated/α-hetero) is 1. The zero-order valence-electron chi connectivity index (χ0n) is 17.4. The molecule has 156 valence electrons. The van der Waals surface area contributed by atoms with Crippen LogP contribution < -0.4 is 0 Å². The third-order valence-electron chi connectivity index (χ3n) is 5.02. The van der Waals surface area contributed by atoms with Gasteiger partial charge in [0.2, 0.25) is 0 Å². The van der Waals surface area contributed by atoms with Gasteiger partial charge >= 0.3 is 0 Å². The number of thiazole rings is 1. The number of carbonyl (C=O) groups excluding carboxylic acids is 1. The molecule has 0 fully saturated rings. The highest BCUT2D eigenvalue weighted by atomic mass is 32.1. The summed E-state index contributed by atoms with van der Waals surface area (Å²) in [6, 6.07) is 7.44. The van der Waals surface area contributed by atoms with Gasteiger partial charge in [-0.15, -0.1) is 0 Å². The Hall–Kier alpha value is -3.48.